The molecular weight excluding hydrogens is 478 g/mol. The fraction of sp³-hybridized carbons (Fsp3) is 0.281. The Bertz CT molecular complexity index is 1470. The van der Waals surface area contributed by atoms with Crippen molar-refractivity contribution in [2.45, 2.75) is 54.2 Å². The SMILES string of the molecule is C=C/C(CC)=C(\C=C/C)OCc1c(C)oc2c1cc(-c1cccc(CN)c1)c1oc(C)cc12.CCOC=O. The van der Waals surface area contributed by atoms with E-state index in [2.05, 4.69) is 36.4 Å². The topological polar surface area (TPSA) is 87.8 Å². The second-order valence-electron chi connectivity index (χ2n) is 8.73. The summed E-state index contributed by atoms with van der Waals surface area (Å²) in [6, 6.07) is 12.5. The molecule has 2 aromatic heterocycles. The van der Waals surface area contributed by atoms with E-state index in [9.17, 15) is 4.79 Å². The van der Waals surface area contributed by atoms with Crippen LogP contribution >= 0.6 is 0 Å². The number of ether oxygens (including phenoxy) is 2. The number of fused-ring (bicyclic) bond motifs is 3. The minimum atomic E-state index is 0.403. The van der Waals surface area contributed by atoms with Crippen LogP contribution in [0.15, 0.2) is 81.4 Å². The maximum atomic E-state index is 9.18. The number of carbonyl (C=O) groups excluding carboxylic acids is 1. The van der Waals surface area contributed by atoms with E-state index in [1.165, 1.54) is 0 Å². The van der Waals surface area contributed by atoms with Gasteiger partial charge in [0.25, 0.3) is 6.47 Å². The Labute approximate surface area is 224 Å². The quantitative estimate of drug-likeness (QED) is 0.131. The molecule has 2 heterocycles. The number of benzene rings is 2. The zero-order valence-corrected chi connectivity index (χ0v) is 22.9. The van der Waals surface area contributed by atoms with Gasteiger partial charge < -0.3 is 24.0 Å². The molecule has 0 radical (unpaired) electrons. The fourth-order valence-corrected chi connectivity index (χ4v) is 4.34. The van der Waals surface area contributed by atoms with Crippen molar-refractivity contribution in [3.05, 3.63) is 95.2 Å². The molecule has 0 aliphatic carbocycles. The first-order chi connectivity index (χ1) is 18.4. The van der Waals surface area contributed by atoms with Gasteiger partial charge in [-0.15, -0.1) is 0 Å². The van der Waals surface area contributed by atoms with Crippen LogP contribution < -0.4 is 5.73 Å². The predicted octanol–water partition coefficient (Wildman–Crippen LogP) is 8.04. The summed E-state index contributed by atoms with van der Waals surface area (Å²) < 4.78 is 22.8. The van der Waals surface area contributed by atoms with Gasteiger partial charge in [-0.3, -0.25) is 4.79 Å². The van der Waals surface area contributed by atoms with Gasteiger partial charge >= 0.3 is 0 Å². The molecule has 0 saturated heterocycles. The molecule has 0 aliphatic heterocycles. The van der Waals surface area contributed by atoms with Gasteiger partial charge in [-0.2, -0.15) is 0 Å². The van der Waals surface area contributed by atoms with E-state index in [1.54, 1.807) is 6.92 Å². The number of hydrogen-bond donors (Lipinski definition) is 1. The molecule has 0 fully saturated rings. The molecule has 6 nitrogen and oxygen atoms in total. The summed E-state index contributed by atoms with van der Waals surface area (Å²) in [6.07, 6.45) is 6.68. The highest BCUT2D eigenvalue weighted by atomic mass is 16.5. The Morgan fingerprint density at radius 1 is 1.08 bits per heavy atom. The molecule has 200 valence electrons. The molecule has 4 aromatic rings. The lowest BCUT2D eigenvalue weighted by atomic mass is 9.98. The van der Waals surface area contributed by atoms with E-state index < -0.39 is 0 Å². The largest absolute Gasteiger partial charge is 0.488 e. The first-order valence-corrected chi connectivity index (χ1v) is 12.8. The van der Waals surface area contributed by atoms with E-state index in [0.717, 1.165) is 73.5 Å². The van der Waals surface area contributed by atoms with Crippen molar-refractivity contribution in [1.29, 1.82) is 0 Å². The van der Waals surface area contributed by atoms with Gasteiger partial charge in [0.1, 0.15) is 35.1 Å². The molecule has 4 rings (SSSR count). The number of furan rings is 2. The van der Waals surface area contributed by atoms with Crippen LogP contribution in [0.2, 0.25) is 0 Å². The summed E-state index contributed by atoms with van der Waals surface area (Å²) in [5.41, 5.74) is 12.8. The van der Waals surface area contributed by atoms with Crippen molar-refractivity contribution in [2.75, 3.05) is 6.61 Å². The summed E-state index contributed by atoms with van der Waals surface area (Å²) in [7, 11) is 0. The van der Waals surface area contributed by atoms with Crippen LogP contribution in [0.25, 0.3) is 33.1 Å². The van der Waals surface area contributed by atoms with Crippen molar-refractivity contribution in [3.63, 3.8) is 0 Å². The number of rotatable bonds is 10. The lowest BCUT2D eigenvalue weighted by Crippen LogP contribution is -1.97. The normalized spacial score (nSPS) is 11.8. The summed E-state index contributed by atoms with van der Waals surface area (Å²) in [5, 5.41) is 2.00. The lowest BCUT2D eigenvalue weighted by Gasteiger charge is -2.11. The van der Waals surface area contributed by atoms with Crippen molar-refractivity contribution < 1.29 is 23.1 Å². The average Bonchev–Trinajstić information content (AvgIpc) is 3.47. The Kier molecular flexibility index (Phi) is 10.1. The number of aryl methyl sites for hydroxylation is 2. The summed E-state index contributed by atoms with van der Waals surface area (Å²) in [5.74, 6) is 2.52. The molecule has 38 heavy (non-hydrogen) atoms. The third kappa shape index (κ3) is 6.26. The van der Waals surface area contributed by atoms with E-state index in [-0.39, 0.29) is 0 Å². The van der Waals surface area contributed by atoms with E-state index in [0.29, 0.717) is 26.2 Å². The van der Waals surface area contributed by atoms with E-state index in [4.69, 9.17) is 19.3 Å². The number of hydrogen-bond acceptors (Lipinski definition) is 6. The molecule has 6 heteroatoms. The first kappa shape index (κ1) is 28.5. The van der Waals surface area contributed by atoms with Gasteiger partial charge in [0.2, 0.25) is 0 Å². The molecule has 0 saturated carbocycles. The summed E-state index contributed by atoms with van der Waals surface area (Å²) >= 11 is 0. The van der Waals surface area contributed by atoms with Crippen LogP contribution in [-0.4, -0.2) is 13.1 Å². The van der Waals surface area contributed by atoms with Gasteiger partial charge in [-0.1, -0.05) is 43.9 Å². The van der Waals surface area contributed by atoms with Crippen LogP contribution in [0.3, 0.4) is 0 Å². The zero-order valence-electron chi connectivity index (χ0n) is 22.9. The Hall–Kier alpha value is -4.03. The minimum Gasteiger partial charge on any atom is -0.488 e. The molecule has 0 atom stereocenters. The average molecular weight is 516 g/mol. The minimum absolute atomic E-state index is 0.403. The van der Waals surface area contributed by atoms with Gasteiger partial charge in [0.05, 0.1) is 12.0 Å². The molecule has 0 unspecified atom stereocenters. The van der Waals surface area contributed by atoms with Crippen molar-refractivity contribution in [2.24, 2.45) is 5.73 Å². The van der Waals surface area contributed by atoms with E-state index in [1.807, 2.05) is 57.2 Å². The van der Waals surface area contributed by atoms with E-state index >= 15 is 0 Å². The second kappa shape index (κ2) is 13.5. The second-order valence-corrected chi connectivity index (χ2v) is 8.73. The molecule has 2 N–H and O–H groups in total. The Morgan fingerprint density at radius 2 is 1.87 bits per heavy atom. The Balaban J connectivity index is 0.000000732. The molecular formula is C32H37NO5. The predicted molar refractivity (Wildman–Crippen MR) is 154 cm³/mol. The highest BCUT2D eigenvalue weighted by Gasteiger charge is 2.20. The van der Waals surface area contributed by atoms with Gasteiger partial charge in [-0.25, -0.2) is 0 Å². The van der Waals surface area contributed by atoms with Gasteiger partial charge in [0, 0.05) is 23.1 Å². The number of nitrogens with two attached hydrogens (primary N) is 1. The smallest absolute Gasteiger partial charge is 0.293 e. The van der Waals surface area contributed by atoms with Gasteiger partial charge in [0.15, 0.2) is 0 Å². The van der Waals surface area contributed by atoms with Crippen LogP contribution in [0, 0.1) is 13.8 Å². The summed E-state index contributed by atoms with van der Waals surface area (Å²) in [4.78, 5) is 9.18. The molecule has 2 aromatic carbocycles. The Morgan fingerprint density at radius 3 is 2.47 bits per heavy atom. The van der Waals surface area contributed by atoms with Crippen LogP contribution in [0.5, 0.6) is 0 Å². The standard InChI is InChI=1S/C29H31NO3.C3H6O2/c1-6-10-27(21(7-2)8-3)31-17-26-19(5)33-29-24(26)15-23(28-25(29)13-18(4)32-28)22-12-9-11-20(14-22)16-30;1-2-5-3-4/h6-7,9-15H,2,8,16-17,30H2,1,3-5H3;3H,2H2,1H3/b10-6-,27-21-;. The third-order valence-electron chi connectivity index (χ3n) is 6.23. The monoisotopic (exact) mass is 515 g/mol. The number of carbonyl (C=O) groups is 1. The van der Waals surface area contributed by atoms with Crippen molar-refractivity contribution in [3.8, 4) is 11.1 Å². The van der Waals surface area contributed by atoms with Crippen molar-refractivity contribution >= 4 is 28.4 Å². The highest BCUT2D eigenvalue weighted by molar-refractivity contribution is 6.10. The molecule has 0 spiro atoms. The van der Waals surface area contributed by atoms with Crippen LogP contribution in [-0.2, 0) is 27.4 Å². The maximum absolute atomic E-state index is 9.18. The molecule has 0 aliphatic rings. The first-order valence-electron chi connectivity index (χ1n) is 12.8. The van der Waals surface area contributed by atoms with Crippen molar-refractivity contribution in [1.82, 2.24) is 0 Å². The maximum Gasteiger partial charge on any atom is 0.293 e. The van der Waals surface area contributed by atoms with Gasteiger partial charge in [-0.05, 0) is 75.1 Å². The zero-order chi connectivity index (χ0) is 27.7. The molecule has 0 bridgehead atoms. The summed E-state index contributed by atoms with van der Waals surface area (Å²) in [6.45, 7) is 15.5. The third-order valence-corrected chi connectivity index (χ3v) is 6.23. The number of allylic oxidation sites excluding steroid dienone is 4. The fourth-order valence-electron chi connectivity index (χ4n) is 4.34. The van der Waals surface area contributed by atoms with Crippen LogP contribution in [0.4, 0.5) is 0 Å². The lowest BCUT2D eigenvalue weighted by molar-refractivity contribution is -0.128. The van der Waals surface area contributed by atoms with Crippen LogP contribution in [0.1, 0.15) is 49.8 Å². The molecule has 0 amide bonds. The highest BCUT2D eigenvalue weighted by Crippen LogP contribution is 2.40.